The Morgan fingerprint density at radius 3 is 2.65 bits per heavy atom. The van der Waals surface area contributed by atoms with Gasteiger partial charge in [0, 0.05) is 31.7 Å². The van der Waals surface area contributed by atoms with Crippen LogP contribution in [0.25, 0.3) is 22.3 Å². The third kappa shape index (κ3) is 5.90. The molecule has 0 fully saturated rings. The number of fused-ring (bicyclic) bond motifs is 1. The SMILES string of the molecule is COCCn1c(Cc2cc(F)c(-c3cccc(OCc4cnc(Cl)cn4)n3)cc2F)nc2ccc(C(=O)O)cc21. The lowest BCUT2D eigenvalue weighted by Crippen LogP contribution is -2.10. The molecule has 1 N–H and O–H groups in total. The fraction of sp³-hybridized carbons (Fsp3) is 0.179. The number of carbonyl (C=O) groups is 1. The summed E-state index contributed by atoms with van der Waals surface area (Å²) in [6.07, 6.45) is 2.83. The van der Waals surface area contributed by atoms with Crippen molar-refractivity contribution in [2.75, 3.05) is 13.7 Å². The van der Waals surface area contributed by atoms with E-state index in [-0.39, 0.29) is 46.4 Å². The average molecular weight is 566 g/mol. The molecular weight excluding hydrogens is 544 g/mol. The topological polar surface area (TPSA) is 112 Å². The number of aromatic nitrogens is 5. The molecule has 0 amide bonds. The normalized spacial score (nSPS) is 11.2. The summed E-state index contributed by atoms with van der Waals surface area (Å²) >= 11 is 5.74. The van der Waals surface area contributed by atoms with Gasteiger partial charge in [0.25, 0.3) is 0 Å². The molecule has 12 heteroatoms. The zero-order valence-corrected chi connectivity index (χ0v) is 21.9. The number of carboxylic acids is 1. The summed E-state index contributed by atoms with van der Waals surface area (Å²) in [7, 11) is 1.54. The predicted octanol–water partition coefficient (Wildman–Crippen LogP) is 5.33. The molecule has 0 saturated carbocycles. The van der Waals surface area contributed by atoms with Crippen molar-refractivity contribution in [3.63, 3.8) is 0 Å². The molecule has 40 heavy (non-hydrogen) atoms. The molecule has 0 unspecified atom stereocenters. The van der Waals surface area contributed by atoms with E-state index in [9.17, 15) is 9.90 Å². The number of benzene rings is 2. The van der Waals surface area contributed by atoms with E-state index in [1.165, 1.54) is 31.6 Å². The fourth-order valence-electron chi connectivity index (χ4n) is 4.17. The molecule has 0 aliphatic rings. The number of nitrogens with zero attached hydrogens (tertiary/aromatic N) is 5. The van der Waals surface area contributed by atoms with Gasteiger partial charge in [-0.25, -0.2) is 28.5 Å². The minimum absolute atomic E-state index is 0.0253. The predicted molar refractivity (Wildman–Crippen MR) is 142 cm³/mol. The van der Waals surface area contributed by atoms with Crippen LogP contribution in [0.4, 0.5) is 8.78 Å². The highest BCUT2D eigenvalue weighted by Crippen LogP contribution is 2.28. The van der Waals surface area contributed by atoms with Crippen molar-refractivity contribution >= 4 is 28.6 Å². The summed E-state index contributed by atoms with van der Waals surface area (Å²) in [4.78, 5) is 28.4. The molecule has 0 aliphatic heterocycles. The van der Waals surface area contributed by atoms with Gasteiger partial charge in [-0.2, -0.15) is 0 Å². The first kappa shape index (κ1) is 27.1. The first-order chi connectivity index (χ1) is 19.3. The number of rotatable bonds is 10. The van der Waals surface area contributed by atoms with Crippen molar-refractivity contribution in [2.24, 2.45) is 0 Å². The number of pyridine rings is 1. The quantitative estimate of drug-likeness (QED) is 0.242. The largest absolute Gasteiger partial charge is 0.478 e. The first-order valence-electron chi connectivity index (χ1n) is 12.1. The summed E-state index contributed by atoms with van der Waals surface area (Å²) in [5.41, 5.74) is 1.97. The van der Waals surface area contributed by atoms with Crippen molar-refractivity contribution in [3.8, 4) is 17.1 Å². The minimum Gasteiger partial charge on any atom is -0.478 e. The van der Waals surface area contributed by atoms with Crippen molar-refractivity contribution in [1.82, 2.24) is 24.5 Å². The molecule has 3 aromatic heterocycles. The molecule has 5 aromatic rings. The van der Waals surface area contributed by atoms with E-state index < -0.39 is 17.6 Å². The number of methoxy groups -OCH3 is 1. The maximum absolute atomic E-state index is 15.3. The Balaban J connectivity index is 1.41. The summed E-state index contributed by atoms with van der Waals surface area (Å²) in [6, 6.07) is 11.5. The highest BCUT2D eigenvalue weighted by molar-refractivity contribution is 6.29. The Bertz CT molecular complexity index is 1700. The molecule has 0 saturated heterocycles. The third-order valence-corrected chi connectivity index (χ3v) is 6.31. The number of hydrogen-bond donors (Lipinski definition) is 1. The summed E-state index contributed by atoms with van der Waals surface area (Å²) in [6.45, 7) is 0.737. The Labute approximate surface area is 232 Å². The number of imidazole rings is 1. The summed E-state index contributed by atoms with van der Waals surface area (Å²) in [5.74, 6) is -1.74. The van der Waals surface area contributed by atoms with Gasteiger partial charge in [0.1, 0.15) is 29.2 Å². The van der Waals surface area contributed by atoms with Gasteiger partial charge in [0.05, 0.1) is 47.0 Å². The van der Waals surface area contributed by atoms with E-state index in [1.807, 2.05) is 0 Å². The Morgan fingerprint density at radius 2 is 1.90 bits per heavy atom. The molecule has 204 valence electrons. The van der Waals surface area contributed by atoms with Crippen molar-refractivity contribution in [1.29, 1.82) is 0 Å². The van der Waals surface area contributed by atoms with Crippen LogP contribution in [0.5, 0.6) is 5.88 Å². The molecule has 3 heterocycles. The van der Waals surface area contributed by atoms with Crippen LogP contribution >= 0.6 is 11.6 Å². The number of aromatic carboxylic acids is 1. The molecule has 2 aromatic carbocycles. The van der Waals surface area contributed by atoms with Gasteiger partial charge in [0.15, 0.2) is 0 Å². The van der Waals surface area contributed by atoms with Crippen molar-refractivity contribution in [3.05, 3.63) is 100 Å². The highest BCUT2D eigenvalue weighted by atomic mass is 35.5. The number of hydrogen-bond acceptors (Lipinski definition) is 7. The lowest BCUT2D eigenvalue weighted by atomic mass is 10.0. The number of carboxylic acid groups (broad SMARTS) is 1. The fourth-order valence-corrected chi connectivity index (χ4v) is 4.27. The van der Waals surface area contributed by atoms with Gasteiger partial charge in [-0.05, 0) is 42.0 Å². The maximum atomic E-state index is 15.3. The lowest BCUT2D eigenvalue weighted by molar-refractivity contribution is 0.0697. The van der Waals surface area contributed by atoms with E-state index in [1.54, 1.807) is 28.8 Å². The monoisotopic (exact) mass is 565 g/mol. The standard InChI is InChI=1S/C28H22ClF2N5O4/c1-39-8-7-36-24-10-16(28(37)38)5-6-23(24)34-26(36)11-17-9-21(31)19(12-20(17)30)22-3-2-4-27(35-22)40-15-18-13-33-25(29)14-32-18/h2-6,9-10,12-14H,7-8,11,15H2,1H3,(H,37,38). The zero-order chi connectivity index (χ0) is 28.2. The van der Waals surface area contributed by atoms with Crippen LogP contribution in [0.3, 0.4) is 0 Å². The van der Waals surface area contributed by atoms with Gasteiger partial charge >= 0.3 is 5.97 Å². The van der Waals surface area contributed by atoms with Crippen LogP contribution < -0.4 is 4.74 Å². The Kier molecular flexibility index (Phi) is 7.94. The second kappa shape index (κ2) is 11.7. The minimum atomic E-state index is -1.08. The van der Waals surface area contributed by atoms with E-state index in [2.05, 4.69) is 19.9 Å². The molecule has 0 bridgehead atoms. The molecule has 0 aliphatic carbocycles. The summed E-state index contributed by atoms with van der Waals surface area (Å²) < 4.78 is 43.2. The highest BCUT2D eigenvalue weighted by Gasteiger charge is 2.18. The second-order valence-corrected chi connectivity index (χ2v) is 9.15. The van der Waals surface area contributed by atoms with Gasteiger partial charge in [-0.15, -0.1) is 0 Å². The van der Waals surface area contributed by atoms with Crippen LogP contribution in [0, 0.1) is 11.6 Å². The average Bonchev–Trinajstić information content (AvgIpc) is 3.29. The van der Waals surface area contributed by atoms with Crippen LogP contribution in [0.2, 0.25) is 5.15 Å². The van der Waals surface area contributed by atoms with Crippen molar-refractivity contribution in [2.45, 2.75) is 19.6 Å². The van der Waals surface area contributed by atoms with E-state index in [0.29, 0.717) is 35.7 Å². The maximum Gasteiger partial charge on any atom is 0.335 e. The van der Waals surface area contributed by atoms with E-state index >= 15 is 8.78 Å². The van der Waals surface area contributed by atoms with Gasteiger partial charge < -0.3 is 19.1 Å². The summed E-state index contributed by atoms with van der Waals surface area (Å²) in [5, 5.41) is 9.63. The molecular formula is C28H22ClF2N5O4. The van der Waals surface area contributed by atoms with Crippen LogP contribution in [0.1, 0.15) is 27.4 Å². The molecule has 9 nitrogen and oxygen atoms in total. The molecule has 0 radical (unpaired) electrons. The smallest absolute Gasteiger partial charge is 0.335 e. The third-order valence-electron chi connectivity index (χ3n) is 6.12. The number of ether oxygens (including phenoxy) is 2. The van der Waals surface area contributed by atoms with Gasteiger partial charge in [-0.1, -0.05) is 17.7 Å². The van der Waals surface area contributed by atoms with E-state index in [4.69, 9.17) is 21.1 Å². The first-order valence-corrected chi connectivity index (χ1v) is 12.5. The Hall–Kier alpha value is -4.48. The molecule has 0 atom stereocenters. The van der Waals surface area contributed by atoms with E-state index in [0.717, 1.165) is 12.1 Å². The lowest BCUT2D eigenvalue weighted by Gasteiger charge is -2.12. The van der Waals surface area contributed by atoms with Gasteiger partial charge in [0.2, 0.25) is 5.88 Å². The Morgan fingerprint density at radius 1 is 1.05 bits per heavy atom. The van der Waals surface area contributed by atoms with Crippen LogP contribution in [0.15, 0.2) is 60.9 Å². The van der Waals surface area contributed by atoms with Crippen LogP contribution in [-0.2, 0) is 24.3 Å². The second-order valence-electron chi connectivity index (χ2n) is 8.76. The molecule has 0 spiro atoms. The van der Waals surface area contributed by atoms with Gasteiger partial charge in [-0.3, -0.25) is 4.98 Å². The zero-order valence-electron chi connectivity index (χ0n) is 21.1. The van der Waals surface area contributed by atoms with Crippen LogP contribution in [-0.4, -0.2) is 49.3 Å². The van der Waals surface area contributed by atoms with Crippen molar-refractivity contribution < 1.29 is 28.2 Å². The number of halogens is 3. The molecule has 5 rings (SSSR count).